The van der Waals surface area contributed by atoms with Crippen LogP contribution in [-0.2, 0) is 6.42 Å². The number of rotatable bonds is 4. The molecule has 1 N–H and O–H groups in total. The van der Waals surface area contributed by atoms with Gasteiger partial charge in [0.1, 0.15) is 5.52 Å². The minimum Gasteiger partial charge on any atom is -0.440 e. The number of hydrogen-bond acceptors (Lipinski definition) is 4. The van der Waals surface area contributed by atoms with Crippen LogP contribution in [0.1, 0.15) is 34.7 Å². The summed E-state index contributed by atoms with van der Waals surface area (Å²) in [6, 6.07) is 13.0. The molecule has 2 heterocycles. The van der Waals surface area contributed by atoms with Crippen molar-refractivity contribution in [1.82, 2.24) is 9.88 Å². The number of hydrogen-bond donors (Lipinski definition) is 1. The first-order chi connectivity index (χ1) is 13.1. The van der Waals surface area contributed by atoms with E-state index in [9.17, 15) is 9.90 Å². The van der Waals surface area contributed by atoms with E-state index in [2.05, 4.69) is 4.98 Å². The molecule has 1 atom stereocenters. The number of aromatic nitrogens is 1. The summed E-state index contributed by atoms with van der Waals surface area (Å²) in [7, 11) is 0. The number of piperidine rings is 1. The van der Waals surface area contributed by atoms with E-state index in [0.29, 0.717) is 35.0 Å². The summed E-state index contributed by atoms with van der Waals surface area (Å²) in [5.74, 6) is 0.735. The number of aliphatic hydroxyl groups excluding tert-OH is 1. The van der Waals surface area contributed by atoms with Crippen LogP contribution in [-0.4, -0.2) is 40.6 Å². The number of aliphatic hydroxyl groups is 1. The lowest BCUT2D eigenvalue weighted by molar-refractivity contribution is 0.0620. The molecule has 140 valence electrons. The van der Waals surface area contributed by atoms with E-state index in [4.69, 9.17) is 16.0 Å². The zero-order valence-corrected chi connectivity index (χ0v) is 15.7. The summed E-state index contributed by atoms with van der Waals surface area (Å²) in [6.45, 7) is 1.45. The van der Waals surface area contributed by atoms with E-state index in [-0.39, 0.29) is 18.4 Å². The van der Waals surface area contributed by atoms with Gasteiger partial charge in [0, 0.05) is 36.7 Å². The van der Waals surface area contributed by atoms with Crippen molar-refractivity contribution in [2.24, 2.45) is 5.92 Å². The van der Waals surface area contributed by atoms with Gasteiger partial charge in [0.2, 0.25) is 0 Å². The molecule has 5 nitrogen and oxygen atoms in total. The lowest BCUT2D eigenvalue weighted by Crippen LogP contribution is -2.40. The smallest absolute Gasteiger partial charge is 0.254 e. The highest BCUT2D eigenvalue weighted by Crippen LogP contribution is 2.23. The van der Waals surface area contributed by atoms with Crippen LogP contribution in [0.5, 0.6) is 0 Å². The molecule has 0 bridgehead atoms. The maximum atomic E-state index is 12.8. The van der Waals surface area contributed by atoms with Gasteiger partial charge in [-0.05, 0) is 54.7 Å². The van der Waals surface area contributed by atoms with Crippen LogP contribution in [0.2, 0.25) is 5.02 Å². The largest absolute Gasteiger partial charge is 0.440 e. The number of oxazole rings is 1. The van der Waals surface area contributed by atoms with Crippen LogP contribution in [0.4, 0.5) is 0 Å². The molecule has 1 aliphatic heterocycles. The number of likely N-dealkylation sites (tertiary alicyclic amines) is 1. The van der Waals surface area contributed by atoms with Crippen LogP contribution in [0.15, 0.2) is 46.9 Å². The Morgan fingerprint density at radius 1 is 1.30 bits per heavy atom. The Bertz CT molecular complexity index is 969. The number of amides is 1. The molecule has 0 spiro atoms. The SMILES string of the molecule is O=C(c1ccc2nc(Cc3cccc(Cl)c3)oc2c1)N1CCC[C@H](CO)C1. The zero-order chi connectivity index (χ0) is 18.8. The molecule has 1 saturated heterocycles. The fourth-order valence-corrected chi connectivity index (χ4v) is 3.80. The van der Waals surface area contributed by atoms with Gasteiger partial charge in [-0.1, -0.05) is 23.7 Å². The Morgan fingerprint density at radius 2 is 2.19 bits per heavy atom. The van der Waals surface area contributed by atoms with Crippen LogP contribution < -0.4 is 0 Å². The molecular formula is C21H21ClN2O3. The summed E-state index contributed by atoms with van der Waals surface area (Å²) in [5, 5.41) is 10.1. The lowest BCUT2D eigenvalue weighted by Gasteiger charge is -2.31. The second-order valence-corrected chi connectivity index (χ2v) is 7.48. The molecule has 2 aromatic carbocycles. The lowest BCUT2D eigenvalue weighted by atomic mass is 9.98. The second kappa shape index (κ2) is 7.71. The van der Waals surface area contributed by atoms with Crippen LogP contribution in [0.3, 0.4) is 0 Å². The molecule has 0 saturated carbocycles. The van der Waals surface area contributed by atoms with Gasteiger partial charge in [0.25, 0.3) is 5.91 Å². The van der Waals surface area contributed by atoms with Crippen molar-refractivity contribution < 1.29 is 14.3 Å². The first-order valence-electron chi connectivity index (χ1n) is 9.16. The first kappa shape index (κ1) is 18.0. The minimum atomic E-state index is -0.0251. The fraction of sp³-hybridized carbons (Fsp3) is 0.333. The number of carbonyl (C=O) groups excluding carboxylic acids is 1. The highest BCUT2D eigenvalue weighted by Gasteiger charge is 2.24. The van der Waals surface area contributed by atoms with E-state index < -0.39 is 0 Å². The molecule has 1 aromatic heterocycles. The molecule has 4 rings (SSSR count). The molecule has 27 heavy (non-hydrogen) atoms. The van der Waals surface area contributed by atoms with Gasteiger partial charge in [-0.25, -0.2) is 4.98 Å². The summed E-state index contributed by atoms with van der Waals surface area (Å²) in [4.78, 5) is 19.1. The molecule has 1 aliphatic rings. The van der Waals surface area contributed by atoms with Crippen molar-refractivity contribution >= 4 is 28.6 Å². The van der Waals surface area contributed by atoms with E-state index in [1.54, 1.807) is 12.1 Å². The van der Waals surface area contributed by atoms with Crippen molar-refractivity contribution in [3.63, 3.8) is 0 Å². The number of carbonyl (C=O) groups is 1. The molecular weight excluding hydrogens is 364 g/mol. The topological polar surface area (TPSA) is 66.6 Å². The summed E-state index contributed by atoms with van der Waals surface area (Å²) in [5.41, 5.74) is 2.95. The molecule has 1 amide bonds. The third kappa shape index (κ3) is 3.99. The van der Waals surface area contributed by atoms with Crippen molar-refractivity contribution in [3.8, 4) is 0 Å². The maximum absolute atomic E-state index is 12.8. The Kier molecular flexibility index (Phi) is 5.14. The van der Waals surface area contributed by atoms with E-state index >= 15 is 0 Å². The summed E-state index contributed by atoms with van der Waals surface area (Å²) >= 11 is 6.03. The minimum absolute atomic E-state index is 0.0251. The van der Waals surface area contributed by atoms with Gasteiger partial charge in [-0.3, -0.25) is 4.79 Å². The number of fused-ring (bicyclic) bond motifs is 1. The van der Waals surface area contributed by atoms with Crippen molar-refractivity contribution in [2.45, 2.75) is 19.3 Å². The van der Waals surface area contributed by atoms with Crippen LogP contribution >= 0.6 is 11.6 Å². The normalized spacial score (nSPS) is 17.4. The highest BCUT2D eigenvalue weighted by molar-refractivity contribution is 6.30. The third-order valence-corrected chi connectivity index (χ3v) is 5.22. The average molecular weight is 385 g/mol. The Balaban J connectivity index is 1.54. The molecule has 0 radical (unpaired) electrons. The van der Waals surface area contributed by atoms with Crippen molar-refractivity contribution in [1.29, 1.82) is 0 Å². The van der Waals surface area contributed by atoms with Gasteiger partial charge in [0.05, 0.1) is 0 Å². The molecule has 6 heteroatoms. The maximum Gasteiger partial charge on any atom is 0.254 e. The standard InChI is InChI=1S/C21H21ClN2O3/c22-17-5-1-3-14(9-17)10-20-23-18-7-6-16(11-19(18)27-20)21(26)24-8-2-4-15(12-24)13-25/h1,3,5-7,9,11,15,25H,2,4,8,10,12-13H2/t15-/m0/s1. The third-order valence-electron chi connectivity index (χ3n) is 4.99. The van der Waals surface area contributed by atoms with Crippen molar-refractivity contribution in [3.05, 3.63) is 64.5 Å². The summed E-state index contributed by atoms with van der Waals surface area (Å²) in [6.07, 6.45) is 2.43. The van der Waals surface area contributed by atoms with E-state index in [1.165, 1.54) is 0 Å². The number of benzene rings is 2. The van der Waals surface area contributed by atoms with E-state index in [1.807, 2.05) is 35.2 Å². The average Bonchev–Trinajstić information content (AvgIpc) is 3.08. The summed E-state index contributed by atoms with van der Waals surface area (Å²) < 4.78 is 5.87. The quantitative estimate of drug-likeness (QED) is 0.740. The van der Waals surface area contributed by atoms with Crippen LogP contribution in [0.25, 0.3) is 11.1 Å². The van der Waals surface area contributed by atoms with Gasteiger partial charge in [-0.15, -0.1) is 0 Å². The van der Waals surface area contributed by atoms with E-state index in [0.717, 1.165) is 30.5 Å². The Morgan fingerprint density at radius 3 is 3.00 bits per heavy atom. The second-order valence-electron chi connectivity index (χ2n) is 7.04. The number of nitrogens with zero attached hydrogens (tertiary/aromatic N) is 2. The van der Waals surface area contributed by atoms with Gasteiger partial charge < -0.3 is 14.4 Å². The predicted octanol–water partition coefficient (Wildman–Crippen LogP) is 3.92. The predicted molar refractivity (Wildman–Crippen MR) is 104 cm³/mol. The zero-order valence-electron chi connectivity index (χ0n) is 14.9. The molecule has 3 aromatic rings. The van der Waals surface area contributed by atoms with Gasteiger partial charge in [-0.2, -0.15) is 0 Å². The monoisotopic (exact) mass is 384 g/mol. The number of halogens is 1. The van der Waals surface area contributed by atoms with Crippen molar-refractivity contribution in [2.75, 3.05) is 19.7 Å². The van der Waals surface area contributed by atoms with Gasteiger partial charge in [0.15, 0.2) is 11.5 Å². The fourth-order valence-electron chi connectivity index (χ4n) is 3.58. The van der Waals surface area contributed by atoms with Crippen LogP contribution in [0, 0.1) is 5.92 Å². The highest BCUT2D eigenvalue weighted by atomic mass is 35.5. The van der Waals surface area contributed by atoms with Gasteiger partial charge >= 0.3 is 0 Å². The first-order valence-corrected chi connectivity index (χ1v) is 9.54. The molecule has 1 fully saturated rings. The Hall–Kier alpha value is -2.37. The molecule has 0 aliphatic carbocycles. The molecule has 0 unspecified atom stereocenters. The Labute approximate surface area is 162 Å².